The van der Waals surface area contributed by atoms with E-state index in [1.165, 1.54) is 19.3 Å². The van der Waals surface area contributed by atoms with Gasteiger partial charge in [-0.2, -0.15) is 0 Å². The van der Waals surface area contributed by atoms with Crippen molar-refractivity contribution in [3.63, 3.8) is 0 Å². The standard InChI is InChI=1S/C17H19N3O2S2/c1-24(21,22)20-12-4-2-11(3-5-12)15-9-23-16(18-15)19-17-8-10-6-13(17)14(17)7-10/h2-5,9-10,13-14,20H,6-8H2,1H3,(H,18,19). The third-order valence-electron chi connectivity index (χ3n) is 5.83. The van der Waals surface area contributed by atoms with Crippen LogP contribution >= 0.6 is 11.3 Å². The number of thiazole rings is 1. The van der Waals surface area contributed by atoms with Gasteiger partial charge in [-0.05, 0) is 49.1 Å². The summed E-state index contributed by atoms with van der Waals surface area (Å²) in [5, 5.41) is 6.81. The molecule has 4 bridgehead atoms. The predicted octanol–water partition coefficient (Wildman–Crippen LogP) is 3.39. The second kappa shape index (κ2) is 4.73. The predicted molar refractivity (Wildman–Crippen MR) is 96.7 cm³/mol. The van der Waals surface area contributed by atoms with Crippen LogP contribution in [0.4, 0.5) is 10.8 Å². The molecule has 7 heteroatoms. The number of benzene rings is 1. The van der Waals surface area contributed by atoms with Crippen LogP contribution in [0.3, 0.4) is 0 Å². The lowest BCUT2D eigenvalue weighted by Gasteiger charge is -2.12. The summed E-state index contributed by atoms with van der Waals surface area (Å²) in [6.45, 7) is 0. The maximum atomic E-state index is 11.3. The highest BCUT2D eigenvalue weighted by atomic mass is 32.2. The van der Waals surface area contributed by atoms with Gasteiger partial charge in [-0.15, -0.1) is 11.3 Å². The van der Waals surface area contributed by atoms with E-state index in [1.54, 1.807) is 23.5 Å². The zero-order valence-corrected chi connectivity index (χ0v) is 15.0. The summed E-state index contributed by atoms with van der Waals surface area (Å²) in [5.41, 5.74) is 2.87. The second-order valence-electron chi connectivity index (χ2n) is 7.41. The highest BCUT2D eigenvalue weighted by Gasteiger charge is 2.74. The minimum absolute atomic E-state index is 0.364. The molecule has 0 amide bonds. The van der Waals surface area contributed by atoms with Gasteiger partial charge >= 0.3 is 0 Å². The number of hydrogen-bond acceptors (Lipinski definition) is 5. The minimum Gasteiger partial charge on any atom is -0.355 e. The fraction of sp³-hybridized carbons (Fsp3) is 0.471. The molecule has 4 saturated carbocycles. The molecular weight excluding hydrogens is 342 g/mol. The van der Waals surface area contributed by atoms with Gasteiger partial charge < -0.3 is 5.32 Å². The lowest BCUT2D eigenvalue weighted by atomic mass is 10.1. The molecule has 0 saturated heterocycles. The summed E-state index contributed by atoms with van der Waals surface area (Å²) in [5.74, 6) is 2.72. The van der Waals surface area contributed by atoms with Gasteiger partial charge in [0.05, 0.1) is 11.9 Å². The Morgan fingerprint density at radius 2 is 1.92 bits per heavy atom. The average Bonchev–Trinajstić information content (AvgIpc) is 3.09. The smallest absolute Gasteiger partial charge is 0.229 e. The Kier molecular flexibility index (Phi) is 2.90. The third kappa shape index (κ3) is 2.25. The SMILES string of the molecule is CS(=O)(=O)Nc1ccc(-c2csc(NC34CC5CC3C4C5)n2)cc1. The van der Waals surface area contributed by atoms with Gasteiger partial charge in [-0.3, -0.25) is 4.72 Å². The molecule has 1 aromatic carbocycles. The first-order chi connectivity index (χ1) is 11.4. The van der Waals surface area contributed by atoms with Crippen LogP contribution in [-0.2, 0) is 10.0 Å². The third-order valence-corrected chi connectivity index (χ3v) is 7.19. The minimum atomic E-state index is -3.24. The van der Waals surface area contributed by atoms with E-state index in [0.29, 0.717) is 11.2 Å². The van der Waals surface area contributed by atoms with E-state index in [0.717, 1.165) is 40.4 Å². The van der Waals surface area contributed by atoms with Crippen LogP contribution in [0.1, 0.15) is 19.3 Å². The molecule has 4 fully saturated rings. The average molecular weight is 361 g/mol. The summed E-state index contributed by atoms with van der Waals surface area (Å²) < 4.78 is 25.0. The zero-order valence-electron chi connectivity index (χ0n) is 13.3. The molecule has 0 radical (unpaired) electrons. The van der Waals surface area contributed by atoms with Crippen molar-refractivity contribution in [1.82, 2.24) is 4.98 Å². The molecule has 4 aliphatic rings. The topological polar surface area (TPSA) is 71.1 Å². The number of aromatic nitrogens is 1. The summed E-state index contributed by atoms with van der Waals surface area (Å²) in [6.07, 6.45) is 5.29. The van der Waals surface area contributed by atoms with E-state index in [4.69, 9.17) is 4.98 Å². The molecule has 5 nitrogen and oxygen atoms in total. The van der Waals surface area contributed by atoms with Crippen LogP contribution < -0.4 is 10.0 Å². The lowest BCUT2D eigenvalue weighted by Crippen LogP contribution is -2.21. The van der Waals surface area contributed by atoms with E-state index >= 15 is 0 Å². The molecule has 2 N–H and O–H groups in total. The van der Waals surface area contributed by atoms with Crippen molar-refractivity contribution in [2.45, 2.75) is 24.8 Å². The number of hydrogen-bond donors (Lipinski definition) is 2. The Labute approximate surface area is 145 Å². The van der Waals surface area contributed by atoms with E-state index < -0.39 is 10.0 Å². The number of nitrogens with one attached hydrogen (secondary N) is 2. The molecule has 4 aliphatic carbocycles. The van der Waals surface area contributed by atoms with Crippen LogP contribution in [0, 0.1) is 17.8 Å². The molecule has 126 valence electrons. The normalized spacial score (nSPS) is 32.8. The number of rotatable bonds is 5. The van der Waals surface area contributed by atoms with Gasteiger partial charge in [-0.1, -0.05) is 12.1 Å². The first-order valence-corrected chi connectivity index (χ1v) is 11.0. The molecule has 2 unspecified atom stereocenters. The number of nitrogens with zero attached hydrogens (tertiary/aromatic N) is 1. The van der Waals surface area contributed by atoms with Crippen molar-refractivity contribution in [3.05, 3.63) is 29.6 Å². The van der Waals surface area contributed by atoms with Crippen molar-refractivity contribution in [2.24, 2.45) is 17.8 Å². The van der Waals surface area contributed by atoms with Crippen molar-refractivity contribution < 1.29 is 8.42 Å². The molecule has 1 heterocycles. The first-order valence-electron chi connectivity index (χ1n) is 8.25. The summed E-state index contributed by atoms with van der Waals surface area (Å²) in [7, 11) is -3.24. The van der Waals surface area contributed by atoms with E-state index in [2.05, 4.69) is 15.4 Å². The van der Waals surface area contributed by atoms with Crippen molar-refractivity contribution in [3.8, 4) is 11.3 Å². The van der Waals surface area contributed by atoms with Gasteiger partial charge in [0.1, 0.15) is 0 Å². The Hall–Kier alpha value is -1.60. The first kappa shape index (κ1) is 14.7. The van der Waals surface area contributed by atoms with Crippen molar-refractivity contribution in [1.29, 1.82) is 0 Å². The molecule has 2 atom stereocenters. The summed E-state index contributed by atoms with van der Waals surface area (Å²) >= 11 is 1.66. The highest BCUT2D eigenvalue weighted by Crippen LogP contribution is 2.74. The van der Waals surface area contributed by atoms with E-state index in [9.17, 15) is 8.42 Å². The van der Waals surface area contributed by atoms with Crippen LogP contribution in [0.15, 0.2) is 29.6 Å². The quantitative estimate of drug-likeness (QED) is 0.856. The molecule has 1 aromatic heterocycles. The summed E-state index contributed by atoms with van der Waals surface area (Å²) in [4.78, 5) is 4.74. The monoisotopic (exact) mass is 361 g/mol. The fourth-order valence-electron chi connectivity index (χ4n) is 4.94. The fourth-order valence-corrected chi connectivity index (χ4v) is 6.31. The number of sulfonamides is 1. The Bertz CT molecular complexity index is 892. The van der Waals surface area contributed by atoms with Crippen molar-refractivity contribution in [2.75, 3.05) is 16.3 Å². The zero-order chi connectivity index (χ0) is 16.5. The van der Waals surface area contributed by atoms with Crippen molar-refractivity contribution >= 4 is 32.2 Å². The van der Waals surface area contributed by atoms with E-state index in [1.807, 2.05) is 12.1 Å². The highest BCUT2D eigenvalue weighted by molar-refractivity contribution is 7.92. The van der Waals surface area contributed by atoms with Crippen LogP contribution in [-0.4, -0.2) is 25.2 Å². The Morgan fingerprint density at radius 3 is 2.50 bits per heavy atom. The van der Waals surface area contributed by atoms with Gasteiger partial charge in [0, 0.05) is 22.2 Å². The molecular formula is C17H19N3O2S2. The lowest BCUT2D eigenvalue weighted by molar-refractivity contribution is 0.600. The maximum absolute atomic E-state index is 11.3. The largest absolute Gasteiger partial charge is 0.355 e. The Morgan fingerprint density at radius 1 is 1.21 bits per heavy atom. The van der Waals surface area contributed by atoms with E-state index in [-0.39, 0.29) is 0 Å². The summed E-state index contributed by atoms with van der Waals surface area (Å²) in [6, 6.07) is 7.34. The Balaban J connectivity index is 1.32. The molecule has 24 heavy (non-hydrogen) atoms. The van der Waals surface area contributed by atoms with Gasteiger partial charge in [0.15, 0.2) is 5.13 Å². The van der Waals surface area contributed by atoms with Gasteiger partial charge in [0.25, 0.3) is 0 Å². The molecule has 0 spiro atoms. The maximum Gasteiger partial charge on any atom is 0.229 e. The molecule has 2 aromatic rings. The van der Waals surface area contributed by atoms with Crippen LogP contribution in [0.2, 0.25) is 0 Å². The van der Waals surface area contributed by atoms with Crippen LogP contribution in [0.25, 0.3) is 11.3 Å². The van der Waals surface area contributed by atoms with Gasteiger partial charge in [-0.25, -0.2) is 13.4 Å². The second-order valence-corrected chi connectivity index (χ2v) is 10.0. The van der Waals surface area contributed by atoms with Crippen LogP contribution in [0.5, 0.6) is 0 Å². The van der Waals surface area contributed by atoms with Gasteiger partial charge in [0.2, 0.25) is 10.0 Å². The molecule has 0 aliphatic heterocycles. The number of anilines is 2. The molecule has 6 rings (SSSR count).